The van der Waals surface area contributed by atoms with E-state index in [1.165, 1.54) is 24.7 Å². The van der Waals surface area contributed by atoms with Crippen molar-refractivity contribution in [2.24, 2.45) is 10.8 Å². The molecule has 2 aromatic heterocycles. The first-order valence-electron chi connectivity index (χ1n) is 10.4. The van der Waals surface area contributed by atoms with Crippen LogP contribution in [0.2, 0.25) is 0 Å². The zero-order valence-corrected chi connectivity index (χ0v) is 19.7. The highest BCUT2D eigenvalue weighted by atomic mass is 32.2. The maximum absolute atomic E-state index is 12.4. The molecule has 0 saturated heterocycles. The van der Waals surface area contributed by atoms with Gasteiger partial charge in [0.1, 0.15) is 18.0 Å². The molecule has 178 valence electrons. The fourth-order valence-corrected chi connectivity index (χ4v) is 3.80. The maximum Gasteiger partial charge on any atom is 0.240 e. The Labute approximate surface area is 198 Å². The summed E-state index contributed by atoms with van der Waals surface area (Å²) in [4.78, 5) is 12.6. The van der Waals surface area contributed by atoms with E-state index in [2.05, 4.69) is 35.5 Å². The summed E-state index contributed by atoms with van der Waals surface area (Å²) in [6.07, 6.45) is 6.13. The number of hydrazone groups is 1. The Morgan fingerprint density at radius 3 is 2.47 bits per heavy atom. The van der Waals surface area contributed by atoms with E-state index >= 15 is 0 Å². The van der Waals surface area contributed by atoms with Crippen molar-refractivity contribution in [2.45, 2.75) is 30.7 Å². The average molecular weight is 482 g/mol. The minimum Gasteiger partial charge on any atom is -0.326 e. The molecule has 0 aliphatic rings. The molecule has 0 amide bonds. The van der Waals surface area contributed by atoms with Gasteiger partial charge in [0.15, 0.2) is 5.82 Å². The van der Waals surface area contributed by atoms with Crippen LogP contribution in [0.5, 0.6) is 0 Å². The van der Waals surface area contributed by atoms with Crippen LogP contribution in [0.4, 0.5) is 17.5 Å². The van der Waals surface area contributed by atoms with Crippen LogP contribution in [-0.4, -0.2) is 47.9 Å². The summed E-state index contributed by atoms with van der Waals surface area (Å²) in [5.74, 6) is 1.31. The predicted molar refractivity (Wildman–Crippen MR) is 133 cm³/mol. The maximum atomic E-state index is 12.4. The summed E-state index contributed by atoms with van der Waals surface area (Å²) in [6, 6.07) is 11.7. The zero-order valence-electron chi connectivity index (χ0n) is 18.9. The smallest absolute Gasteiger partial charge is 0.240 e. The third-order valence-corrected chi connectivity index (χ3v) is 6.05. The van der Waals surface area contributed by atoms with Gasteiger partial charge in [0, 0.05) is 24.5 Å². The molecule has 3 rings (SSSR count). The first kappa shape index (κ1) is 24.9. The van der Waals surface area contributed by atoms with E-state index in [1.54, 1.807) is 30.5 Å². The van der Waals surface area contributed by atoms with E-state index in [4.69, 9.17) is 11.1 Å². The number of nitrogens with two attached hydrogens (primary N) is 1. The molecule has 3 aromatic rings. The van der Waals surface area contributed by atoms with Gasteiger partial charge in [-0.2, -0.15) is 5.10 Å². The predicted octanol–water partition coefficient (Wildman–Crippen LogP) is 2.46. The van der Waals surface area contributed by atoms with Gasteiger partial charge in [-0.05, 0) is 50.1 Å². The van der Waals surface area contributed by atoms with Crippen LogP contribution in [0, 0.1) is 5.41 Å². The van der Waals surface area contributed by atoms with E-state index in [-0.39, 0.29) is 11.4 Å². The fraction of sp³-hybridized carbons (Fsp3) is 0.227. The van der Waals surface area contributed by atoms with E-state index < -0.39 is 15.6 Å². The van der Waals surface area contributed by atoms with Gasteiger partial charge >= 0.3 is 0 Å². The van der Waals surface area contributed by atoms with Crippen LogP contribution in [0.25, 0.3) is 0 Å². The molecule has 0 aliphatic heterocycles. The average Bonchev–Trinajstić information content (AvgIpc) is 2.79. The molecule has 11 nitrogen and oxygen atoms in total. The van der Waals surface area contributed by atoms with Gasteiger partial charge in [-0.15, -0.1) is 0 Å². The van der Waals surface area contributed by atoms with E-state index in [0.29, 0.717) is 35.0 Å². The second-order valence-electron chi connectivity index (χ2n) is 8.04. The number of benzene rings is 1. The van der Waals surface area contributed by atoms with Crippen LogP contribution in [0.3, 0.4) is 0 Å². The summed E-state index contributed by atoms with van der Waals surface area (Å²) in [5, 5.41) is 14.9. The fourth-order valence-electron chi connectivity index (χ4n) is 2.77. The molecule has 1 aromatic carbocycles. The molecule has 0 unspecified atom stereocenters. The third-order valence-electron chi connectivity index (χ3n) is 4.58. The Kier molecular flexibility index (Phi) is 7.99. The number of hydrogen-bond donors (Lipinski definition) is 5. The molecule has 0 radical (unpaired) electrons. The van der Waals surface area contributed by atoms with Crippen LogP contribution >= 0.6 is 0 Å². The standard InChI is InChI=1S/C22H27N9O2S/c1-22(2,24)10-12-29-34(32,33)17-8-6-16(7-9-17)14-28-31-21-18(13-23)20(26-15-27-21)30-19-5-3-4-11-25-19/h3-9,11,13-15,23,29H,10,12,24H2,1-2H3,(H2,25,26,27,30,31)/b23-13?,28-14+. The van der Waals surface area contributed by atoms with Crippen molar-refractivity contribution in [1.29, 1.82) is 5.41 Å². The lowest BCUT2D eigenvalue weighted by Crippen LogP contribution is -2.37. The van der Waals surface area contributed by atoms with E-state index in [1.807, 2.05) is 19.9 Å². The van der Waals surface area contributed by atoms with Gasteiger partial charge in [-0.25, -0.2) is 28.1 Å². The van der Waals surface area contributed by atoms with Gasteiger partial charge in [0.05, 0.1) is 16.7 Å². The van der Waals surface area contributed by atoms with Gasteiger partial charge in [-0.3, -0.25) is 5.43 Å². The normalized spacial score (nSPS) is 12.0. The van der Waals surface area contributed by atoms with Crippen LogP contribution < -0.4 is 21.2 Å². The van der Waals surface area contributed by atoms with E-state index in [9.17, 15) is 8.42 Å². The van der Waals surface area contributed by atoms with Crippen LogP contribution in [0.1, 0.15) is 31.4 Å². The largest absolute Gasteiger partial charge is 0.326 e. The highest BCUT2D eigenvalue weighted by molar-refractivity contribution is 7.89. The number of aromatic nitrogens is 3. The number of rotatable bonds is 11. The molecule has 0 fully saturated rings. The second kappa shape index (κ2) is 10.9. The lowest BCUT2D eigenvalue weighted by molar-refractivity contribution is 0.472. The van der Waals surface area contributed by atoms with Crippen molar-refractivity contribution in [3.8, 4) is 0 Å². The lowest BCUT2D eigenvalue weighted by Gasteiger charge is -2.18. The second-order valence-corrected chi connectivity index (χ2v) is 9.81. The first-order valence-corrected chi connectivity index (χ1v) is 11.9. The van der Waals surface area contributed by atoms with Gasteiger partial charge < -0.3 is 16.5 Å². The van der Waals surface area contributed by atoms with Crippen LogP contribution in [0.15, 0.2) is 65.0 Å². The van der Waals surface area contributed by atoms with Crippen molar-refractivity contribution in [3.05, 3.63) is 66.1 Å². The summed E-state index contributed by atoms with van der Waals surface area (Å²) < 4.78 is 27.4. The number of hydrogen-bond acceptors (Lipinski definition) is 10. The first-order chi connectivity index (χ1) is 16.2. The molecule has 0 spiro atoms. The lowest BCUT2D eigenvalue weighted by atomic mass is 10.0. The molecule has 0 bridgehead atoms. The highest BCUT2D eigenvalue weighted by Crippen LogP contribution is 2.20. The zero-order chi connectivity index (χ0) is 24.6. The number of nitrogens with one attached hydrogen (secondary N) is 4. The Hall–Kier alpha value is -3.74. The topological polar surface area (TPSA) is 171 Å². The third kappa shape index (κ3) is 7.13. The van der Waals surface area contributed by atoms with Crippen molar-refractivity contribution < 1.29 is 8.42 Å². The number of anilines is 3. The van der Waals surface area contributed by atoms with Gasteiger partial charge in [0.25, 0.3) is 0 Å². The number of pyridine rings is 1. The molecule has 0 atom stereocenters. The minimum absolute atomic E-state index is 0.152. The van der Waals surface area contributed by atoms with E-state index in [0.717, 1.165) is 6.21 Å². The number of sulfonamides is 1. The van der Waals surface area contributed by atoms with Crippen molar-refractivity contribution in [3.63, 3.8) is 0 Å². The summed E-state index contributed by atoms with van der Waals surface area (Å²) in [6.45, 7) is 3.94. The molecular formula is C22H27N9O2S. The molecule has 34 heavy (non-hydrogen) atoms. The Balaban J connectivity index is 1.65. The van der Waals surface area contributed by atoms with Crippen LogP contribution in [-0.2, 0) is 10.0 Å². The molecule has 6 N–H and O–H groups in total. The Morgan fingerprint density at radius 1 is 1.09 bits per heavy atom. The Bertz CT molecular complexity index is 1240. The molecule has 0 saturated carbocycles. The molecule has 2 heterocycles. The van der Waals surface area contributed by atoms with Gasteiger partial charge in [0.2, 0.25) is 10.0 Å². The molecular weight excluding hydrogens is 454 g/mol. The molecule has 12 heteroatoms. The summed E-state index contributed by atoms with van der Waals surface area (Å²) >= 11 is 0. The Morgan fingerprint density at radius 2 is 1.82 bits per heavy atom. The number of nitrogens with zero attached hydrogens (tertiary/aromatic N) is 4. The van der Waals surface area contributed by atoms with Crippen molar-refractivity contribution >= 4 is 39.9 Å². The summed E-state index contributed by atoms with van der Waals surface area (Å²) in [5.41, 5.74) is 9.30. The SMILES string of the molecule is CC(C)(N)CCNS(=O)(=O)c1ccc(/C=N/Nc2ncnc(Nc3ccccn3)c2C=N)cc1. The minimum atomic E-state index is -3.62. The monoisotopic (exact) mass is 481 g/mol. The quantitative estimate of drug-likeness (QED) is 0.205. The highest BCUT2D eigenvalue weighted by Gasteiger charge is 2.16. The molecule has 0 aliphatic carbocycles. The van der Waals surface area contributed by atoms with Crippen molar-refractivity contribution in [1.82, 2.24) is 19.7 Å². The van der Waals surface area contributed by atoms with Crippen molar-refractivity contribution in [2.75, 3.05) is 17.3 Å². The van der Waals surface area contributed by atoms with Gasteiger partial charge in [-0.1, -0.05) is 18.2 Å². The summed E-state index contributed by atoms with van der Waals surface area (Å²) in [7, 11) is -3.62.